The molecule has 65 heavy (non-hydrogen) atoms. The van der Waals surface area contributed by atoms with Gasteiger partial charge in [-0.25, -0.2) is 0 Å². The van der Waals surface area contributed by atoms with E-state index in [-0.39, 0.29) is 31.6 Å². The second-order valence-electron chi connectivity index (χ2n) is 17.8. The molecule has 1 atom stereocenters. The fourth-order valence-electron chi connectivity index (χ4n) is 7.22. The molecule has 0 saturated heterocycles. The number of hydrogen-bond acceptors (Lipinski definition) is 6. The van der Waals surface area contributed by atoms with Crippen LogP contribution < -0.4 is 0 Å². The Balaban J connectivity index is 4.49. The van der Waals surface area contributed by atoms with Gasteiger partial charge in [-0.1, -0.05) is 215 Å². The molecule has 0 aliphatic carbocycles. The summed E-state index contributed by atoms with van der Waals surface area (Å²) in [6, 6.07) is 0. The van der Waals surface area contributed by atoms with Gasteiger partial charge in [0.05, 0.1) is 0 Å². The molecule has 0 aromatic rings. The van der Waals surface area contributed by atoms with Crippen molar-refractivity contribution in [3.8, 4) is 0 Å². The fraction of sp³-hybridized carbons (Fsp3) is 0.712. The molecule has 0 aromatic carbocycles. The summed E-state index contributed by atoms with van der Waals surface area (Å²) in [6.45, 7) is 6.50. The van der Waals surface area contributed by atoms with E-state index in [2.05, 4.69) is 99.8 Å². The molecule has 0 heterocycles. The summed E-state index contributed by atoms with van der Waals surface area (Å²) < 4.78 is 16.7. The van der Waals surface area contributed by atoms with Crippen LogP contribution in [-0.4, -0.2) is 37.2 Å². The van der Waals surface area contributed by atoms with Crippen molar-refractivity contribution in [2.45, 2.75) is 258 Å². The van der Waals surface area contributed by atoms with Gasteiger partial charge in [0.1, 0.15) is 13.2 Å². The highest BCUT2D eigenvalue weighted by molar-refractivity contribution is 5.71. The van der Waals surface area contributed by atoms with Gasteiger partial charge >= 0.3 is 17.9 Å². The van der Waals surface area contributed by atoms with E-state index in [1.54, 1.807) is 0 Å². The lowest BCUT2D eigenvalue weighted by Gasteiger charge is -2.18. The van der Waals surface area contributed by atoms with Crippen molar-refractivity contribution in [1.82, 2.24) is 0 Å². The van der Waals surface area contributed by atoms with Crippen molar-refractivity contribution in [2.24, 2.45) is 0 Å². The summed E-state index contributed by atoms with van der Waals surface area (Å²) in [6.07, 6.45) is 68.7. The maximum absolute atomic E-state index is 12.8. The van der Waals surface area contributed by atoms with Crippen LogP contribution in [-0.2, 0) is 28.6 Å². The Bertz CT molecular complexity index is 1270. The average molecular weight is 905 g/mol. The molecule has 0 bridgehead atoms. The Morgan fingerprint density at radius 2 is 0.600 bits per heavy atom. The zero-order chi connectivity index (χ0) is 47.2. The zero-order valence-electron chi connectivity index (χ0n) is 42.5. The molecule has 6 nitrogen and oxygen atoms in total. The summed E-state index contributed by atoms with van der Waals surface area (Å²) in [5.74, 6) is -1.01. The highest BCUT2D eigenvalue weighted by Crippen LogP contribution is 2.13. The van der Waals surface area contributed by atoms with Gasteiger partial charge in [-0.2, -0.15) is 0 Å². The predicted molar refractivity (Wildman–Crippen MR) is 279 cm³/mol. The van der Waals surface area contributed by atoms with Crippen LogP contribution in [0.3, 0.4) is 0 Å². The summed E-state index contributed by atoms with van der Waals surface area (Å²) >= 11 is 0. The van der Waals surface area contributed by atoms with Crippen molar-refractivity contribution in [3.63, 3.8) is 0 Å². The lowest BCUT2D eigenvalue weighted by Crippen LogP contribution is -2.30. The van der Waals surface area contributed by atoms with Crippen LogP contribution >= 0.6 is 0 Å². The second kappa shape index (κ2) is 53.2. The van der Waals surface area contributed by atoms with Crippen molar-refractivity contribution < 1.29 is 28.6 Å². The van der Waals surface area contributed by atoms with Crippen molar-refractivity contribution in [3.05, 3.63) is 85.1 Å². The minimum absolute atomic E-state index is 0.111. The number of hydrogen-bond donors (Lipinski definition) is 0. The first-order valence-corrected chi connectivity index (χ1v) is 27.1. The second-order valence-corrected chi connectivity index (χ2v) is 17.8. The lowest BCUT2D eigenvalue weighted by molar-refractivity contribution is -0.166. The predicted octanol–water partition coefficient (Wildman–Crippen LogP) is 18.0. The third kappa shape index (κ3) is 51.4. The Morgan fingerprint density at radius 3 is 1.02 bits per heavy atom. The fourth-order valence-corrected chi connectivity index (χ4v) is 7.22. The van der Waals surface area contributed by atoms with E-state index in [9.17, 15) is 14.4 Å². The normalized spacial score (nSPS) is 12.7. The van der Waals surface area contributed by atoms with Crippen LogP contribution in [0.4, 0.5) is 0 Å². The Morgan fingerprint density at radius 1 is 0.308 bits per heavy atom. The molecule has 0 fully saturated rings. The zero-order valence-corrected chi connectivity index (χ0v) is 42.5. The first-order valence-electron chi connectivity index (χ1n) is 27.1. The molecule has 0 aromatic heterocycles. The smallest absolute Gasteiger partial charge is 0.306 e. The number of carbonyl (C=O) groups is 3. The van der Waals surface area contributed by atoms with Crippen LogP contribution in [0.15, 0.2) is 85.1 Å². The molecule has 0 aliphatic heterocycles. The number of unbranched alkanes of at least 4 members (excludes halogenated alkanes) is 23. The van der Waals surface area contributed by atoms with Crippen LogP contribution in [0.1, 0.15) is 252 Å². The van der Waals surface area contributed by atoms with Crippen LogP contribution in [0.25, 0.3) is 0 Å². The summed E-state index contributed by atoms with van der Waals surface area (Å²) in [7, 11) is 0. The van der Waals surface area contributed by atoms with Gasteiger partial charge in [0, 0.05) is 19.3 Å². The third-order valence-electron chi connectivity index (χ3n) is 11.4. The monoisotopic (exact) mass is 905 g/mol. The quantitative estimate of drug-likeness (QED) is 0.0262. The number of rotatable bonds is 48. The maximum Gasteiger partial charge on any atom is 0.306 e. The number of esters is 3. The van der Waals surface area contributed by atoms with E-state index in [1.165, 1.54) is 128 Å². The molecule has 0 amide bonds. The summed E-state index contributed by atoms with van der Waals surface area (Å²) in [5.41, 5.74) is 0. The van der Waals surface area contributed by atoms with E-state index >= 15 is 0 Å². The molecule has 0 aliphatic rings. The van der Waals surface area contributed by atoms with E-state index in [0.29, 0.717) is 19.3 Å². The van der Waals surface area contributed by atoms with E-state index in [0.717, 1.165) is 77.0 Å². The SMILES string of the molecule is CCCC/C=C\CCCCCCCC(=O)OC[C@@H](COC(=O)CCCCCCCCC/C=C\CCCCCCCC)OC(=O)CC/C=C\C/C=C\C/C=C\C/C=C\C/C=C\CCCCC. The minimum Gasteiger partial charge on any atom is -0.462 e. The van der Waals surface area contributed by atoms with E-state index in [1.807, 2.05) is 6.08 Å². The van der Waals surface area contributed by atoms with E-state index < -0.39 is 12.1 Å². The largest absolute Gasteiger partial charge is 0.462 e. The van der Waals surface area contributed by atoms with Crippen LogP contribution in [0.2, 0.25) is 0 Å². The maximum atomic E-state index is 12.8. The number of allylic oxidation sites excluding steroid dienone is 14. The summed E-state index contributed by atoms with van der Waals surface area (Å²) in [4.78, 5) is 38.0. The Kier molecular flexibility index (Phi) is 50.4. The topological polar surface area (TPSA) is 78.9 Å². The molecule has 0 rings (SSSR count). The molecule has 6 heteroatoms. The van der Waals surface area contributed by atoms with Gasteiger partial charge in [0.25, 0.3) is 0 Å². The van der Waals surface area contributed by atoms with Gasteiger partial charge in [-0.05, 0) is 103 Å². The summed E-state index contributed by atoms with van der Waals surface area (Å²) in [5, 5.41) is 0. The molecule has 0 radical (unpaired) electrons. The Labute approximate surface area is 401 Å². The van der Waals surface area contributed by atoms with Gasteiger partial charge in [0.15, 0.2) is 6.10 Å². The lowest BCUT2D eigenvalue weighted by atomic mass is 10.1. The average Bonchev–Trinajstić information content (AvgIpc) is 3.30. The first-order chi connectivity index (χ1) is 32.0. The highest BCUT2D eigenvalue weighted by Gasteiger charge is 2.19. The van der Waals surface area contributed by atoms with Crippen LogP contribution in [0.5, 0.6) is 0 Å². The molecule has 0 spiro atoms. The van der Waals surface area contributed by atoms with Gasteiger partial charge in [-0.3, -0.25) is 14.4 Å². The van der Waals surface area contributed by atoms with Crippen LogP contribution in [0, 0.1) is 0 Å². The first kappa shape index (κ1) is 61.6. The molecule has 0 unspecified atom stereocenters. The Hall–Kier alpha value is -3.41. The molecule has 372 valence electrons. The third-order valence-corrected chi connectivity index (χ3v) is 11.4. The van der Waals surface area contributed by atoms with E-state index in [4.69, 9.17) is 14.2 Å². The number of carbonyl (C=O) groups excluding carboxylic acids is 3. The van der Waals surface area contributed by atoms with Gasteiger partial charge < -0.3 is 14.2 Å². The molecule has 0 N–H and O–H groups in total. The van der Waals surface area contributed by atoms with Crippen molar-refractivity contribution in [2.75, 3.05) is 13.2 Å². The van der Waals surface area contributed by atoms with Crippen molar-refractivity contribution in [1.29, 1.82) is 0 Å². The molecule has 0 saturated carbocycles. The molecular formula is C59H100O6. The van der Waals surface area contributed by atoms with Gasteiger partial charge in [-0.15, -0.1) is 0 Å². The van der Waals surface area contributed by atoms with Crippen molar-refractivity contribution >= 4 is 17.9 Å². The standard InChI is InChI=1S/C59H100O6/c1-4-7-10-13-16-19-22-24-26-28-29-31-33-35-38-41-44-47-50-53-59(62)65-56(54-63-57(60)51-48-45-42-39-36-21-18-15-12-9-6-3)55-64-58(61)52-49-46-43-40-37-34-32-30-27-25-23-20-17-14-11-8-5-2/h15-16,18-19,24-27,29,31,35,38,44,47,56H,4-14,17,20-23,28,30,32-34,36-37,39-43,45-46,48-55H2,1-3H3/b18-15-,19-16-,26-24-,27-25-,31-29-,38-35-,47-44-/t56-/m0/s1. The molecular weight excluding hydrogens is 805 g/mol. The highest BCUT2D eigenvalue weighted by atomic mass is 16.6. The number of ether oxygens (including phenoxy) is 3. The minimum atomic E-state index is -0.821. The van der Waals surface area contributed by atoms with Gasteiger partial charge in [0.2, 0.25) is 0 Å².